The third-order valence-corrected chi connectivity index (χ3v) is 2.70. The minimum absolute atomic E-state index is 0.253. The predicted molar refractivity (Wildman–Crippen MR) is 79.2 cm³/mol. The van der Waals surface area contributed by atoms with E-state index in [4.69, 9.17) is 16.3 Å². The zero-order chi connectivity index (χ0) is 13.9. The first kappa shape index (κ1) is 15.6. The topological polar surface area (TPSA) is 50.4 Å². The average molecular weight is 285 g/mol. The van der Waals surface area contributed by atoms with Crippen LogP contribution in [-0.4, -0.2) is 25.1 Å². The Bertz CT molecular complexity index is 368. The summed E-state index contributed by atoms with van der Waals surface area (Å²) in [7, 11) is 0. The van der Waals surface area contributed by atoms with Crippen LogP contribution in [0.3, 0.4) is 0 Å². The maximum absolute atomic E-state index is 11.4. The molecule has 0 fully saturated rings. The van der Waals surface area contributed by atoms with Gasteiger partial charge < -0.3 is 15.4 Å². The van der Waals surface area contributed by atoms with Gasteiger partial charge in [0.15, 0.2) is 0 Å². The normalized spacial score (nSPS) is 10.0. The molecule has 0 spiro atoms. The number of rotatable bonds is 8. The van der Waals surface area contributed by atoms with Crippen LogP contribution in [-0.2, 0) is 0 Å². The molecule has 2 amide bonds. The SMILES string of the molecule is CCCCCOc1ccc(NC(=O)NCCCl)cc1. The lowest BCUT2D eigenvalue weighted by Gasteiger charge is -2.08. The molecule has 106 valence electrons. The number of alkyl halides is 1. The van der Waals surface area contributed by atoms with Crippen molar-refractivity contribution in [1.29, 1.82) is 0 Å². The molecule has 0 aromatic heterocycles. The second-order valence-electron chi connectivity index (χ2n) is 4.15. The van der Waals surface area contributed by atoms with Crippen molar-refractivity contribution >= 4 is 23.3 Å². The van der Waals surface area contributed by atoms with E-state index < -0.39 is 0 Å². The van der Waals surface area contributed by atoms with Crippen LogP contribution in [0.15, 0.2) is 24.3 Å². The lowest BCUT2D eigenvalue weighted by molar-refractivity contribution is 0.252. The van der Waals surface area contributed by atoms with Gasteiger partial charge in [0.05, 0.1) is 6.61 Å². The third kappa shape index (κ3) is 6.91. The van der Waals surface area contributed by atoms with Gasteiger partial charge in [0.25, 0.3) is 0 Å². The van der Waals surface area contributed by atoms with Crippen molar-refractivity contribution in [1.82, 2.24) is 5.32 Å². The average Bonchev–Trinajstić information content (AvgIpc) is 2.43. The highest BCUT2D eigenvalue weighted by atomic mass is 35.5. The first-order valence-corrected chi connectivity index (χ1v) is 7.13. The molecule has 0 unspecified atom stereocenters. The summed E-state index contributed by atoms with van der Waals surface area (Å²) in [6.45, 7) is 3.35. The molecule has 0 heterocycles. The van der Waals surface area contributed by atoms with Gasteiger partial charge in [-0.2, -0.15) is 0 Å². The molecule has 19 heavy (non-hydrogen) atoms. The number of hydrogen-bond donors (Lipinski definition) is 2. The minimum atomic E-state index is -0.253. The monoisotopic (exact) mass is 284 g/mol. The fourth-order valence-corrected chi connectivity index (χ4v) is 1.61. The zero-order valence-corrected chi connectivity index (χ0v) is 12.0. The van der Waals surface area contributed by atoms with Gasteiger partial charge in [0.1, 0.15) is 5.75 Å². The number of anilines is 1. The number of halogens is 1. The fourth-order valence-electron chi connectivity index (χ4n) is 1.51. The van der Waals surface area contributed by atoms with E-state index in [1.165, 1.54) is 12.8 Å². The first-order valence-electron chi connectivity index (χ1n) is 6.60. The Morgan fingerprint density at radius 1 is 1.26 bits per heavy atom. The number of hydrogen-bond acceptors (Lipinski definition) is 2. The number of ether oxygens (including phenoxy) is 1. The van der Waals surface area contributed by atoms with Gasteiger partial charge in [-0.1, -0.05) is 19.8 Å². The summed E-state index contributed by atoms with van der Waals surface area (Å²) in [5.41, 5.74) is 0.730. The van der Waals surface area contributed by atoms with Crippen LogP contribution in [0.1, 0.15) is 26.2 Å². The number of carbonyl (C=O) groups is 1. The van der Waals surface area contributed by atoms with Crippen molar-refractivity contribution in [3.05, 3.63) is 24.3 Å². The Kier molecular flexibility index (Phi) is 7.82. The fraction of sp³-hybridized carbons (Fsp3) is 0.500. The summed E-state index contributed by atoms with van der Waals surface area (Å²) in [5, 5.41) is 5.35. The maximum Gasteiger partial charge on any atom is 0.319 e. The van der Waals surface area contributed by atoms with Gasteiger partial charge in [0.2, 0.25) is 0 Å². The molecule has 0 saturated heterocycles. The molecule has 0 aliphatic rings. The Balaban J connectivity index is 2.32. The summed E-state index contributed by atoms with van der Waals surface area (Å²) in [5.74, 6) is 1.22. The summed E-state index contributed by atoms with van der Waals surface area (Å²) < 4.78 is 5.59. The highest BCUT2D eigenvalue weighted by molar-refractivity contribution is 6.18. The molecule has 5 heteroatoms. The largest absolute Gasteiger partial charge is 0.494 e. The highest BCUT2D eigenvalue weighted by Crippen LogP contribution is 2.16. The molecule has 1 rings (SSSR count). The van der Waals surface area contributed by atoms with Crippen LogP contribution < -0.4 is 15.4 Å². The first-order chi connectivity index (χ1) is 9.26. The van der Waals surface area contributed by atoms with Crippen LogP contribution >= 0.6 is 11.6 Å². The summed E-state index contributed by atoms with van der Waals surface area (Å²) in [6, 6.07) is 7.08. The van der Waals surface area contributed by atoms with Gasteiger partial charge in [-0.25, -0.2) is 4.79 Å². The van der Waals surface area contributed by atoms with Crippen molar-refractivity contribution in [2.75, 3.05) is 24.3 Å². The maximum atomic E-state index is 11.4. The van der Waals surface area contributed by atoms with E-state index in [0.717, 1.165) is 24.5 Å². The van der Waals surface area contributed by atoms with Crippen molar-refractivity contribution in [3.63, 3.8) is 0 Å². The van der Waals surface area contributed by atoms with Crippen molar-refractivity contribution in [3.8, 4) is 5.75 Å². The second-order valence-corrected chi connectivity index (χ2v) is 4.53. The molecule has 2 N–H and O–H groups in total. The Hall–Kier alpha value is -1.42. The number of benzene rings is 1. The number of urea groups is 1. The second kappa shape index (κ2) is 9.50. The number of amides is 2. The van der Waals surface area contributed by atoms with Crippen molar-refractivity contribution < 1.29 is 9.53 Å². The van der Waals surface area contributed by atoms with Crippen LogP contribution in [0.5, 0.6) is 5.75 Å². The van der Waals surface area contributed by atoms with E-state index in [-0.39, 0.29) is 6.03 Å². The van der Waals surface area contributed by atoms with Gasteiger partial charge >= 0.3 is 6.03 Å². The smallest absolute Gasteiger partial charge is 0.319 e. The molecule has 0 bridgehead atoms. The molecular formula is C14H21ClN2O2. The van der Waals surface area contributed by atoms with Gasteiger partial charge in [-0.05, 0) is 30.7 Å². The van der Waals surface area contributed by atoms with E-state index in [1.54, 1.807) is 0 Å². The van der Waals surface area contributed by atoms with E-state index in [9.17, 15) is 4.79 Å². The number of carbonyl (C=O) groups excluding carboxylic acids is 1. The van der Waals surface area contributed by atoms with Crippen LogP contribution in [0, 0.1) is 0 Å². The van der Waals surface area contributed by atoms with Crippen molar-refractivity contribution in [2.45, 2.75) is 26.2 Å². The highest BCUT2D eigenvalue weighted by Gasteiger charge is 2.00. The number of unbranched alkanes of at least 4 members (excludes halogenated alkanes) is 2. The summed E-state index contributed by atoms with van der Waals surface area (Å²) in [6.07, 6.45) is 3.43. The van der Waals surface area contributed by atoms with E-state index in [0.29, 0.717) is 12.4 Å². The molecule has 4 nitrogen and oxygen atoms in total. The molecule has 1 aromatic carbocycles. The predicted octanol–water partition coefficient (Wildman–Crippen LogP) is 3.62. The summed E-state index contributed by atoms with van der Waals surface area (Å²) in [4.78, 5) is 11.4. The van der Waals surface area contributed by atoms with E-state index in [1.807, 2.05) is 24.3 Å². The molecular weight excluding hydrogens is 264 g/mol. The molecule has 0 atom stereocenters. The van der Waals surface area contributed by atoms with Crippen molar-refractivity contribution in [2.24, 2.45) is 0 Å². The molecule has 0 aliphatic heterocycles. The number of nitrogens with one attached hydrogen (secondary N) is 2. The Morgan fingerprint density at radius 2 is 2.00 bits per heavy atom. The Labute approximate surface area is 119 Å². The molecule has 0 saturated carbocycles. The lowest BCUT2D eigenvalue weighted by atomic mass is 10.2. The van der Waals surface area contributed by atoms with E-state index >= 15 is 0 Å². The van der Waals surface area contributed by atoms with Crippen LogP contribution in [0.25, 0.3) is 0 Å². The van der Waals surface area contributed by atoms with Gasteiger partial charge in [-0.15, -0.1) is 11.6 Å². The van der Waals surface area contributed by atoms with Crippen LogP contribution in [0.4, 0.5) is 10.5 Å². The molecule has 0 aliphatic carbocycles. The summed E-state index contributed by atoms with van der Waals surface area (Å²) >= 11 is 5.48. The minimum Gasteiger partial charge on any atom is -0.494 e. The van der Waals surface area contributed by atoms with Gasteiger partial charge in [-0.3, -0.25) is 0 Å². The Morgan fingerprint density at radius 3 is 2.63 bits per heavy atom. The van der Waals surface area contributed by atoms with Crippen LogP contribution in [0.2, 0.25) is 0 Å². The molecule has 1 aromatic rings. The lowest BCUT2D eigenvalue weighted by Crippen LogP contribution is -2.30. The van der Waals surface area contributed by atoms with E-state index in [2.05, 4.69) is 17.6 Å². The zero-order valence-electron chi connectivity index (χ0n) is 11.2. The van der Waals surface area contributed by atoms with Gasteiger partial charge in [0, 0.05) is 18.1 Å². The molecule has 0 radical (unpaired) electrons. The quantitative estimate of drug-likeness (QED) is 0.566. The standard InChI is InChI=1S/C14H21ClN2O2/c1-2-3-4-11-19-13-7-5-12(6-8-13)17-14(18)16-10-9-15/h5-8H,2-4,9-11H2,1H3,(H2,16,17,18). The third-order valence-electron chi connectivity index (χ3n) is 2.51.